The van der Waals surface area contributed by atoms with Crippen LogP contribution in [0.3, 0.4) is 0 Å². The number of carbonyl (C=O) groups is 1. The zero-order valence-corrected chi connectivity index (χ0v) is 12.0. The zero-order valence-electron chi connectivity index (χ0n) is 10.4. The Morgan fingerprint density at radius 3 is 2.58 bits per heavy atom. The Hall–Kier alpha value is -1.88. The average molecular weight is 321 g/mol. The van der Waals surface area contributed by atoms with Crippen molar-refractivity contribution in [3.63, 3.8) is 0 Å². The molecule has 1 aromatic heterocycles. The van der Waals surface area contributed by atoms with Crippen molar-refractivity contribution < 1.29 is 9.53 Å². The third-order valence-corrected chi connectivity index (χ3v) is 2.88. The smallest absolute Gasteiger partial charge is 0.255 e. The van der Waals surface area contributed by atoms with Crippen LogP contribution in [-0.4, -0.2) is 17.5 Å². The van der Waals surface area contributed by atoms with E-state index < -0.39 is 0 Å². The highest BCUT2D eigenvalue weighted by atomic mass is 79.9. The summed E-state index contributed by atoms with van der Waals surface area (Å²) >= 11 is 3.24. The van der Waals surface area contributed by atoms with E-state index in [4.69, 9.17) is 4.74 Å². The van der Waals surface area contributed by atoms with Crippen molar-refractivity contribution in [2.75, 3.05) is 11.9 Å². The van der Waals surface area contributed by atoms with Gasteiger partial charge in [-0.1, -0.05) is 0 Å². The summed E-state index contributed by atoms with van der Waals surface area (Å²) < 4.78 is 6.05. The normalized spacial score (nSPS) is 10.0. The molecular formula is C14H13BrN2O2. The molecule has 0 saturated heterocycles. The van der Waals surface area contributed by atoms with Crippen LogP contribution in [-0.2, 0) is 0 Å². The van der Waals surface area contributed by atoms with Gasteiger partial charge in [-0.15, -0.1) is 0 Å². The molecule has 0 aliphatic carbocycles. The van der Waals surface area contributed by atoms with Crippen LogP contribution >= 0.6 is 15.9 Å². The van der Waals surface area contributed by atoms with E-state index in [2.05, 4.69) is 26.2 Å². The van der Waals surface area contributed by atoms with Crippen LogP contribution < -0.4 is 10.1 Å². The third-order valence-electron chi connectivity index (χ3n) is 2.41. The van der Waals surface area contributed by atoms with Gasteiger partial charge in [0.15, 0.2) is 0 Å². The molecule has 0 aliphatic heterocycles. The Balaban J connectivity index is 2.05. The van der Waals surface area contributed by atoms with E-state index >= 15 is 0 Å². The fourth-order valence-electron chi connectivity index (χ4n) is 1.52. The second-order valence-electron chi connectivity index (χ2n) is 3.78. The van der Waals surface area contributed by atoms with Crippen LogP contribution in [0.25, 0.3) is 0 Å². The first-order valence-electron chi connectivity index (χ1n) is 5.85. The highest BCUT2D eigenvalue weighted by Gasteiger charge is 2.06. The summed E-state index contributed by atoms with van der Waals surface area (Å²) in [6.07, 6.45) is 1.59. The topological polar surface area (TPSA) is 51.2 Å². The van der Waals surface area contributed by atoms with Crippen LogP contribution in [0.4, 0.5) is 5.69 Å². The minimum Gasteiger partial charge on any atom is -0.494 e. The molecular weight excluding hydrogens is 308 g/mol. The predicted octanol–water partition coefficient (Wildman–Crippen LogP) is 3.50. The molecule has 0 aliphatic rings. The van der Waals surface area contributed by atoms with Crippen molar-refractivity contribution in [2.24, 2.45) is 0 Å². The van der Waals surface area contributed by atoms with E-state index in [9.17, 15) is 4.79 Å². The number of pyridine rings is 1. The van der Waals surface area contributed by atoms with Gasteiger partial charge in [0.05, 0.1) is 18.5 Å². The minimum absolute atomic E-state index is 0.174. The van der Waals surface area contributed by atoms with Gasteiger partial charge >= 0.3 is 0 Å². The molecule has 0 fully saturated rings. The van der Waals surface area contributed by atoms with Crippen molar-refractivity contribution in [2.45, 2.75) is 6.92 Å². The largest absolute Gasteiger partial charge is 0.494 e. The average Bonchev–Trinajstić information content (AvgIpc) is 2.42. The Labute approximate surface area is 119 Å². The maximum absolute atomic E-state index is 12.0. The molecule has 2 aromatic rings. The molecule has 0 radical (unpaired) electrons. The van der Waals surface area contributed by atoms with Gasteiger partial charge in [0, 0.05) is 5.56 Å². The maximum Gasteiger partial charge on any atom is 0.255 e. The quantitative estimate of drug-likeness (QED) is 0.877. The van der Waals surface area contributed by atoms with E-state index in [1.54, 1.807) is 42.6 Å². The summed E-state index contributed by atoms with van der Waals surface area (Å²) in [5.41, 5.74) is 1.23. The predicted molar refractivity (Wildman–Crippen MR) is 77.5 cm³/mol. The van der Waals surface area contributed by atoms with Gasteiger partial charge in [0.25, 0.3) is 5.91 Å². The monoisotopic (exact) mass is 320 g/mol. The number of carbonyl (C=O) groups excluding carboxylic acids is 1. The SMILES string of the molecule is CCOc1ccc(C(=O)Nc2ccc(Br)nc2)cc1. The van der Waals surface area contributed by atoms with E-state index in [1.807, 2.05) is 6.92 Å². The molecule has 1 heterocycles. The number of rotatable bonds is 4. The van der Waals surface area contributed by atoms with Crippen LogP contribution in [0.5, 0.6) is 5.75 Å². The minimum atomic E-state index is -0.174. The number of benzene rings is 1. The second kappa shape index (κ2) is 6.33. The lowest BCUT2D eigenvalue weighted by Crippen LogP contribution is -2.11. The Morgan fingerprint density at radius 2 is 2.00 bits per heavy atom. The molecule has 19 heavy (non-hydrogen) atoms. The number of amides is 1. The van der Waals surface area contributed by atoms with Crippen molar-refractivity contribution >= 4 is 27.5 Å². The molecule has 5 heteroatoms. The summed E-state index contributed by atoms with van der Waals surface area (Å²) in [6, 6.07) is 10.6. The standard InChI is InChI=1S/C14H13BrN2O2/c1-2-19-12-6-3-10(4-7-12)14(18)17-11-5-8-13(15)16-9-11/h3-9H,2H2,1H3,(H,17,18). The summed E-state index contributed by atoms with van der Waals surface area (Å²) in [5.74, 6) is 0.580. The molecule has 0 unspecified atom stereocenters. The van der Waals surface area contributed by atoms with Crippen molar-refractivity contribution in [1.82, 2.24) is 4.98 Å². The van der Waals surface area contributed by atoms with Gasteiger partial charge in [0.2, 0.25) is 0 Å². The fourth-order valence-corrected chi connectivity index (χ4v) is 1.76. The number of anilines is 1. The second-order valence-corrected chi connectivity index (χ2v) is 4.59. The molecule has 1 N–H and O–H groups in total. The molecule has 0 bridgehead atoms. The van der Waals surface area contributed by atoms with Gasteiger partial charge in [-0.05, 0) is 59.3 Å². The number of hydrogen-bond acceptors (Lipinski definition) is 3. The Kier molecular flexibility index (Phi) is 4.52. The summed E-state index contributed by atoms with van der Waals surface area (Å²) in [4.78, 5) is 16.0. The molecule has 2 rings (SSSR count). The summed E-state index contributed by atoms with van der Waals surface area (Å²) in [5, 5.41) is 2.77. The molecule has 1 amide bonds. The van der Waals surface area contributed by atoms with Crippen molar-refractivity contribution in [3.05, 3.63) is 52.8 Å². The lowest BCUT2D eigenvalue weighted by Gasteiger charge is -2.06. The van der Waals surface area contributed by atoms with Crippen LogP contribution in [0.15, 0.2) is 47.2 Å². The van der Waals surface area contributed by atoms with Gasteiger partial charge in [-0.2, -0.15) is 0 Å². The van der Waals surface area contributed by atoms with Crippen LogP contribution in [0.1, 0.15) is 17.3 Å². The third kappa shape index (κ3) is 3.79. The molecule has 4 nitrogen and oxygen atoms in total. The molecule has 98 valence electrons. The first-order valence-corrected chi connectivity index (χ1v) is 6.64. The fraction of sp³-hybridized carbons (Fsp3) is 0.143. The van der Waals surface area contributed by atoms with E-state index in [0.717, 1.165) is 10.4 Å². The first kappa shape index (κ1) is 13.5. The van der Waals surface area contributed by atoms with Gasteiger partial charge in [0.1, 0.15) is 10.4 Å². The van der Waals surface area contributed by atoms with E-state index in [-0.39, 0.29) is 5.91 Å². The lowest BCUT2D eigenvalue weighted by atomic mass is 10.2. The van der Waals surface area contributed by atoms with Gasteiger partial charge in [-0.3, -0.25) is 4.79 Å². The van der Waals surface area contributed by atoms with Gasteiger partial charge in [-0.25, -0.2) is 4.98 Å². The number of aromatic nitrogens is 1. The van der Waals surface area contributed by atoms with Crippen LogP contribution in [0.2, 0.25) is 0 Å². The van der Waals surface area contributed by atoms with E-state index in [1.165, 1.54) is 0 Å². The molecule has 1 aromatic carbocycles. The first-order chi connectivity index (χ1) is 9.19. The molecule has 0 atom stereocenters. The number of halogens is 1. The van der Waals surface area contributed by atoms with Gasteiger partial charge < -0.3 is 10.1 Å². The lowest BCUT2D eigenvalue weighted by molar-refractivity contribution is 0.102. The summed E-state index contributed by atoms with van der Waals surface area (Å²) in [7, 11) is 0. The van der Waals surface area contributed by atoms with Crippen molar-refractivity contribution in [1.29, 1.82) is 0 Å². The molecule has 0 spiro atoms. The highest BCUT2D eigenvalue weighted by molar-refractivity contribution is 9.10. The maximum atomic E-state index is 12.0. The van der Waals surface area contributed by atoms with E-state index in [0.29, 0.717) is 17.9 Å². The number of nitrogens with zero attached hydrogens (tertiary/aromatic N) is 1. The molecule has 0 saturated carbocycles. The summed E-state index contributed by atoms with van der Waals surface area (Å²) in [6.45, 7) is 2.53. The highest BCUT2D eigenvalue weighted by Crippen LogP contribution is 2.15. The zero-order chi connectivity index (χ0) is 13.7. The Morgan fingerprint density at radius 1 is 1.26 bits per heavy atom. The van der Waals surface area contributed by atoms with Crippen molar-refractivity contribution in [3.8, 4) is 5.75 Å². The number of hydrogen-bond donors (Lipinski definition) is 1. The van der Waals surface area contributed by atoms with Crippen LogP contribution in [0, 0.1) is 0 Å². The number of ether oxygens (including phenoxy) is 1. The Bertz CT molecular complexity index is 553. The number of nitrogens with one attached hydrogen (secondary N) is 1.